The van der Waals surface area contributed by atoms with E-state index in [-0.39, 0.29) is 6.42 Å². The van der Waals surface area contributed by atoms with Crippen LogP contribution >= 0.6 is 11.6 Å². The van der Waals surface area contributed by atoms with Crippen LogP contribution in [0.5, 0.6) is 0 Å². The number of halogens is 1. The van der Waals surface area contributed by atoms with Gasteiger partial charge in [-0.2, -0.15) is 5.10 Å². The maximum absolute atomic E-state index is 10.6. The van der Waals surface area contributed by atoms with Crippen molar-refractivity contribution in [3.05, 3.63) is 16.4 Å². The molecule has 3 N–H and O–H groups in total. The van der Waals surface area contributed by atoms with Crippen molar-refractivity contribution in [1.29, 1.82) is 0 Å². The minimum absolute atomic E-state index is 0.197. The number of nitrogens with two attached hydrogens (primary N) is 1. The van der Waals surface area contributed by atoms with Crippen molar-refractivity contribution >= 4 is 17.6 Å². The zero-order valence-electron chi connectivity index (χ0n) is 8.70. The Morgan fingerprint density at radius 1 is 1.73 bits per heavy atom. The van der Waals surface area contributed by atoms with Gasteiger partial charge in [0, 0.05) is 13.0 Å². The molecule has 1 aromatic rings. The molecular formula is C9H14ClN3O2. The Labute approximate surface area is 92.8 Å². The van der Waals surface area contributed by atoms with Gasteiger partial charge in [0.05, 0.1) is 16.4 Å². The second-order valence-corrected chi connectivity index (χ2v) is 3.69. The molecule has 6 heteroatoms. The number of hydrogen-bond acceptors (Lipinski definition) is 3. The fourth-order valence-corrected chi connectivity index (χ4v) is 1.57. The third-order valence-electron chi connectivity index (χ3n) is 2.18. The number of carbonyl (C=O) groups is 1. The van der Waals surface area contributed by atoms with Gasteiger partial charge >= 0.3 is 5.97 Å². The third kappa shape index (κ3) is 2.49. The van der Waals surface area contributed by atoms with Crippen LogP contribution in [0.2, 0.25) is 5.02 Å². The lowest BCUT2D eigenvalue weighted by Crippen LogP contribution is -2.33. The van der Waals surface area contributed by atoms with Gasteiger partial charge in [-0.1, -0.05) is 11.6 Å². The molecule has 0 radical (unpaired) electrons. The highest BCUT2D eigenvalue weighted by Crippen LogP contribution is 2.21. The molecule has 0 fully saturated rings. The smallest absolute Gasteiger partial charge is 0.320 e. The molecule has 1 aromatic heterocycles. The Balaban J connectivity index is 2.97. The van der Waals surface area contributed by atoms with Crippen molar-refractivity contribution in [1.82, 2.24) is 9.78 Å². The number of rotatable bonds is 4. The van der Waals surface area contributed by atoms with Crippen molar-refractivity contribution < 1.29 is 9.90 Å². The predicted molar refractivity (Wildman–Crippen MR) is 57.0 cm³/mol. The molecule has 5 nitrogen and oxygen atoms in total. The van der Waals surface area contributed by atoms with Crippen LogP contribution in [0.25, 0.3) is 0 Å². The molecule has 0 aliphatic rings. The third-order valence-corrected chi connectivity index (χ3v) is 2.67. The van der Waals surface area contributed by atoms with Crippen LogP contribution in [0.15, 0.2) is 0 Å². The quantitative estimate of drug-likeness (QED) is 0.804. The minimum Gasteiger partial charge on any atom is -0.480 e. The second kappa shape index (κ2) is 4.63. The van der Waals surface area contributed by atoms with Gasteiger partial charge in [0.1, 0.15) is 6.04 Å². The van der Waals surface area contributed by atoms with E-state index in [1.54, 1.807) is 11.6 Å². The van der Waals surface area contributed by atoms with E-state index in [9.17, 15) is 4.79 Å². The first-order chi connectivity index (χ1) is 6.97. The highest BCUT2D eigenvalue weighted by molar-refractivity contribution is 6.31. The fraction of sp³-hybridized carbons (Fsp3) is 0.556. The summed E-state index contributed by atoms with van der Waals surface area (Å²) in [5, 5.41) is 13.4. The number of aryl methyl sites for hydroxylation is 2. The van der Waals surface area contributed by atoms with Crippen molar-refractivity contribution in [2.45, 2.75) is 32.9 Å². The van der Waals surface area contributed by atoms with Crippen LogP contribution in [-0.4, -0.2) is 26.9 Å². The molecule has 0 aromatic carbocycles. The first-order valence-electron chi connectivity index (χ1n) is 4.67. The topological polar surface area (TPSA) is 81.1 Å². The van der Waals surface area contributed by atoms with Crippen molar-refractivity contribution in [3.63, 3.8) is 0 Å². The number of aliphatic carboxylic acids is 1. The fourth-order valence-electron chi connectivity index (χ4n) is 1.36. The summed E-state index contributed by atoms with van der Waals surface area (Å²) in [6.07, 6.45) is 0.197. The summed E-state index contributed by atoms with van der Waals surface area (Å²) in [7, 11) is 0. The van der Waals surface area contributed by atoms with Gasteiger partial charge in [0.2, 0.25) is 0 Å². The number of hydrogen-bond donors (Lipinski definition) is 2. The lowest BCUT2D eigenvalue weighted by Gasteiger charge is -2.08. The van der Waals surface area contributed by atoms with Gasteiger partial charge < -0.3 is 10.8 Å². The molecule has 0 saturated heterocycles. The van der Waals surface area contributed by atoms with Crippen LogP contribution in [-0.2, 0) is 17.8 Å². The molecule has 0 aliphatic carbocycles. The summed E-state index contributed by atoms with van der Waals surface area (Å²) in [6, 6.07) is -0.941. The molecule has 84 valence electrons. The van der Waals surface area contributed by atoms with Gasteiger partial charge in [-0.25, -0.2) is 0 Å². The zero-order valence-corrected chi connectivity index (χ0v) is 9.45. The van der Waals surface area contributed by atoms with Gasteiger partial charge in [-0.15, -0.1) is 0 Å². The summed E-state index contributed by atoms with van der Waals surface area (Å²) in [5.41, 5.74) is 6.84. The number of nitrogens with zero attached hydrogens (tertiary/aromatic N) is 2. The lowest BCUT2D eigenvalue weighted by atomic mass is 10.1. The van der Waals surface area contributed by atoms with E-state index in [1.807, 2.05) is 6.92 Å². The summed E-state index contributed by atoms with van der Waals surface area (Å²) in [4.78, 5) is 10.6. The van der Waals surface area contributed by atoms with Crippen LogP contribution in [0.4, 0.5) is 0 Å². The van der Waals surface area contributed by atoms with Gasteiger partial charge in [0.15, 0.2) is 0 Å². The van der Waals surface area contributed by atoms with Crippen molar-refractivity contribution in [2.75, 3.05) is 0 Å². The molecule has 15 heavy (non-hydrogen) atoms. The Bertz CT molecular complexity index is 376. The van der Waals surface area contributed by atoms with Crippen LogP contribution in [0.1, 0.15) is 18.3 Å². The van der Waals surface area contributed by atoms with Crippen LogP contribution in [0, 0.1) is 6.92 Å². The molecule has 1 heterocycles. The normalized spacial score (nSPS) is 12.8. The molecule has 0 amide bonds. The van der Waals surface area contributed by atoms with Crippen LogP contribution < -0.4 is 5.73 Å². The minimum atomic E-state index is -1.03. The van der Waals surface area contributed by atoms with E-state index in [0.29, 0.717) is 23.0 Å². The molecular weight excluding hydrogens is 218 g/mol. The summed E-state index contributed by atoms with van der Waals surface area (Å²) in [6.45, 7) is 4.35. The first-order valence-corrected chi connectivity index (χ1v) is 5.05. The Morgan fingerprint density at radius 2 is 2.33 bits per heavy atom. The standard InChI is InChI=1S/C9H14ClN3O2/c1-3-13-7(4-6(11)9(14)15)8(10)5(2)12-13/h6H,3-4,11H2,1-2H3,(H,14,15). The average molecular weight is 232 g/mol. The Hall–Kier alpha value is -1.07. The number of carboxylic acid groups (broad SMARTS) is 1. The number of carboxylic acids is 1. The molecule has 0 aliphatic heterocycles. The monoisotopic (exact) mass is 231 g/mol. The molecule has 1 atom stereocenters. The molecule has 0 bridgehead atoms. The van der Waals surface area contributed by atoms with E-state index < -0.39 is 12.0 Å². The second-order valence-electron chi connectivity index (χ2n) is 3.31. The zero-order chi connectivity index (χ0) is 11.6. The summed E-state index contributed by atoms with van der Waals surface area (Å²) >= 11 is 6.01. The molecule has 0 spiro atoms. The largest absolute Gasteiger partial charge is 0.480 e. The molecule has 0 saturated carbocycles. The Morgan fingerprint density at radius 3 is 2.80 bits per heavy atom. The average Bonchev–Trinajstić information content (AvgIpc) is 2.45. The van der Waals surface area contributed by atoms with Gasteiger partial charge in [0.25, 0.3) is 0 Å². The van der Waals surface area contributed by atoms with E-state index >= 15 is 0 Å². The number of aromatic nitrogens is 2. The van der Waals surface area contributed by atoms with Gasteiger partial charge in [-0.3, -0.25) is 9.48 Å². The lowest BCUT2D eigenvalue weighted by molar-refractivity contribution is -0.138. The van der Waals surface area contributed by atoms with Crippen molar-refractivity contribution in [2.24, 2.45) is 5.73 Å². The highest BCUT2D eigenvalue weighted by Gasteiger charge is 2.19. The molecule has 1 rings (SSSR count). The SMILES string of the molecule is CCn1nc(C)c(Cl)c1CC(N)C(=O)O. The maximum Gasteiger partial charge on any atom is 0.320 e. The summed E-state index contributed by atoms with van der Waals surface area (Å²) < 4.78 is 1.68. The van der Waals surface area contributed by atoms with E-state index in [4.69, 9.17) is 22.4 Å². The predicted octanol–water partition coefficient (Wildman–Crippen LogP) is 0.819. The summed E-state index contributed by atoms with van der Waals surface area (Å²) in [5.74, 6) is -1.03. The van der Waals surface area contributed by atoms with E-state index in [2.05, 4.69) is 5.10 Å². The van der Waals surface area contributed by atoms with Gasteiger partial charge in [-0.05, 0) is 13.8 Å². The van der Waals surface area contributed by atoms with Crippen molar-refractivity contribution in [3.8, 4) is 0 Å². The first kappa shape index (κ1) is 12.0. The molecule has 1 unspecified atom stereocenters. The highest BCUT2D eigenvalue weighted by atomic mass is 35.5. The van der Waals surface area contributed by atoms with E-state index in [1.165, 1.54) is 0 Å². The van der Waals surface area contributed by atoms with Crippen LogP contribution in [0.3, 0.4) is 0 Å². The van der Waals surface area contributed by atoms with E-state index in [0.717, 1.165) is 0 Å². The maximum atomic E-state index is 10.6. The Kier molecular flexibility index (Phi) is 3.71.